The summed E-state index contributed by atoms with van der Waals surface area (Å²) < 4.78 is 34.9. The molecule has 0 saturated heterocycles. The summed E-state index contributed by atoms with van der Waals surface area (Å²) in [6.07, 6.45) is 0. The van der Waals surface area contributed by atoms with Gasteiger partial charge in [0.2, 0.25) is 0 Å². The number of thiazole rings is 1. The van der Waals surface area contributed by atoms with Crippen LogP contribution in [-0.4, -0.2) is 20.1 Å². The van der Waals surface area contributed by atoms with Gasteiger partial charge in [0.15, 0.2) is 0 Å². The molecule has 9 heteroatoms. The van der Waals surface area contributed by atoms with E-state index < -0.39 is 10.0 Å². The molecule has 3 rings (SSSR count). The normalized spacial score (nSPS) is 11.6. The molecule has 126 valence electrons. The van der Waals surface area contributed by atoms with Gasteiger partial charge in [-0.1, -0.05) is 22.9 Å². The van der Waals surface area contributed by atoms with Crippen LogP contribution in [0.1, 0.15) is 0 Å². The van der Waals surface area contributed by atoms with Crippen LogP contribution in [0.15, 0.2) is 46.1 Å². The molecule has 1 N–H and O–H groups in total. The minimum atomic E-state index is -3.85. The molecule has 1 heterocycles. The highest BCUT2D eigenvalue weighted by molar-refractivity contribution is 7.92. The molecule has 3 aromatic rings. The fourth-order valence-electron chi connectivity index (χ4n) is 2.24. The Kier molecular flexibility index (Phi) is 4.29. The van der Waals surface area contributed by atoms with Gasteiger partial charge in [-0.25, -0.2) is 8.42 Å². The molecule has 6 nitrogen and oxygen atoms in total. The van der Waals surface area contributed by atoms with E-state index in [0.29, 0.717) is 21.0 Å². The van der Waals surface area contributed by atoms with Crippen LogP contribution in [0.25, 0.3) is 10.2 Å². The maximum absolute atomic E-state index is 12.6. The van der Waals surface area contributed by atoms with Gasteiger partial charge < -0.3 is 9.30 Å². The summed E-state index contributed by atoms with van der Waals surface area (Å²) in [6, 6.07) is 9.18. The summed E-state index contributed by atoms with van der Waals surface area (Å²) in [5, 5.41) is 0.380. The number of sulfonamides is 1. The molecule has 0 spiro atoms. The average Bonchev–Trinajstić information content (AvgIpc) is 2.81. The van der Waals surface area contributed by atoms with Gasteiger partial charge in [-0.2, -0.15) is 0 Å². The van der Waals surface area contributed by atoms with E-state index in [0.717, 1.165) is 11.3 Å². The number of ether oxygens (including phenoxy) is 1. The summed E-state index contributed by atoms with van der Waals surface area (Å²) in [4.78, 5) is 11.6. The summed E-state index contributed by atoms with van der Waals surface area (Å²) in [5.41, 5.74) is 0.927. The van der Waals surface area contributed by atoms with Crippen molar-refractivity contribution in [2.75, 3.05) is 11.8 Å². The third kappa shape index (κ3) is 3.00. The molecule has 0 atom stereocenters. The van der Waals surface area contributed by atoms with Crippen LogP contribution < -0.4 is 14.3 Å². The lowest BCUT2D eigenvalue weighted by Gasteiger charge is -2.12. The number of anilines is 1. The Hall–Kier alpha value is -2.03. The predicted molar refractivity (Wildman–Crippen MR) is 95.9 cm³/mol. The lowest BCUT2D eigenvalue weighted by Crippen LogP contribution is -2.13. The van der Waals surface area contributed by atoms with E-state index >= 15 is 0 Å². The third-order valence-corrected chi connectivity index (χ3v) is 6.07. The van der Waals surface area contributed by atoms with Crippen molar-refractivity contribution >= 4 is 48.9 Å². The molecule has 0 saturated carbocycles. The van der Waals surface area contributed by atoms with Crippen molar-refractivity contribution in [2.45, 2.75) is 4.90 Å². The zero-order valence-corrected chi connectivity index (χ0v) is 15.1. The second-order valence-electron chi connectivity index (χ2n) is 5.01. The van der Waals surface area contributed by atoms with Crippen molar-refractivity contribution in [1.82, 2.24) is 4.57 Å². The standard InChI is InChI=1S/C15H13ClN2O4S2/c1-18-12-5-4-10(8-14(12)23-15(18)19)24(20,21)17-11-7-9(16)3-6-13(11)22-2/h3-8,17H,1-2H3. The van der Waals surface area contributed by atoms with Gasteiger partial charge in [0.25, 0.3) is 10.0 Å². The monoisotopic (exact) mass is 384 g/mol. The van der Waals surface area contributed by atoms with Gasteiger partial charge in [-0.15, -0.1) is 0 Å². The van der Waals surface area contributed by atoms with Crippen molar-refractivity contribution in [3.05, 3.63) is 51.1 Å². The van der Waals surface area contributed by atoms with Crippen LogP contribution in [0.3, 0.4) is 0 Å². The number of hydrogen-bond donors (Lipinski definition) is 1. The van der Waals surface area contributed by atoms with E-state index in [1.54, 1.807) is 25.2 Å². The number of aryl methyl sites for hydroxylation is 1. The van der Waals surface area contributed by atoms with Gasteiger partial charge in [0.1, 0.15) is 5.75 Å². The fraction of sp³-hybridized carbons (Fsp3) is 0.133. The molecule has 0 unspecified atom stereocenters. The molecular formula is C15H13ClN2O4S2. The average molecular weight is 385 g/mol. The lowest BCUT2D eigenvalue weighted by atomic mass is 10.3. The van der Waals surface area contributed by atoms with Crippen molar-refractivity contribution < 1.29 is 13.2 Å². The SMILES string of the molecule is COc1ccc(Cl)cc1NS(=O)(=O)c1ccc2c(c1)sc(=O)n2C. The minimum absolute atomic E-state index is 0.0545. The van der Waals surface area contributed by atoms with E-state index in [9.17, 15) is 13.2 Å². The second kappa shape index (κ2) is 6.12. The molecule has 1 aromatic heterocycles. The van der Waals surface area contributed by atoms with E-state index in [1.807, 2.05) is 0 Å². The number of hydrogen-bond acceptors (Lipinski definition) is 5. The predicted octanol–water partition coefficient (Wildman–Crippen LogP) is 3.06. The Morgan fingerprint density at radius 2 is 1.96 bits per heavy atom. The molecule has 0 bridgehead atoms. The topological polar surface area (TPSA) is 77.4 Å². The first-order valence-electron chi connectivity index (χ1n) is 6.78. The lowest BCUT2D eigenvalue weighted by molar-refractivity contribution is 0.417. The molecule has 2 aromatic carbocycles. The van der Waals surface area contributed by atoms with E-state index in [4.69, 9.17) is 16.3 Å². The van der Waals surface area contributed by atoms with Gasteiger partial charge in [-0.05, 0) is 36.4 Å². The maximum atomic E-state index is 12.6. The van der Waals surface area contributed by atoms with Crippen LogP contribution in [0.2, 0.25) is 5.02 Å². The van der Waals surface area contributed by atoms with Gasteiger partial charge in [0, 0.05) is 12.1 Å². The highest BCUT2D eigenvalue weighted by atomic mass is 35.5. The first-order chi connectivity index (χ1) is 11.3. The molecule has 0 aliphatic rings. The van der Waals surface area contributed by atoms with Gasteiger partial charge in [0.05, 0.1) is 27.9 Å². The minimum Gasteiger partial charge on any atom is -0.495 e. The zero-order chi connectivity index (χ0) is 17.5. The van der Waals surface area contributed by atoms with Crippen LogP contribution in [0.5, 0.6) is 5.75 Å². The second-order valence-corrected chi connectivity index (χ2v) is 8.12. The summed E-state index contributed by atoms with van der Waals surface area (Å²) >= 11 is 6.92. The fourth-order valence-corrected chi connectivity index (χ4v) is 4.50. The quantitative estimate of drug-likeness (QED) is 0.749. The molecule has 24 heavy (non-hydrogen) atoms. The summed E-state index contributed by atoms with van der Waals surface area (Å²) in [6.45, 7) is 0. The van der Waals surface area contributed by atoms with Gasteiger partial charge in [-0.3, -0.25) is 9.52 Å². The molecule has 0 aliphatic carbocycles. The number of aromatic nitrogens is 1. The highest BCUT2D eigenvalue weighted by Crippen LogP contribution is 2.30. The number of benzene rings is 2. The number of rotatable bonds is 4. The number of nitrogens with zero attached hydrogens (tertiary/aromatic N) is 1. The number of methoxy groups -OCH3 is 1. The number of halogens is 1. The Balaban J connectivity index is 2.05. The molecule has 0 aliphatic heterocycles. The van der Waals surface area contributed by atoms with E-state index in [-0.39, 0.29) is 15.5 Å². The molecule has 0 fully saturated rings. The Morgan fingerprint density at radius 1 is 1.21 bits per heavy atom. The molecule has 0 amide bonds. The van der Waals surface area contributed by atoms with E-state index in [2.05, 4.69) is 4.72 Å². The van der Waals surface area contributed by atoms with Crippen molar-refractivity contribution in [1.29, 1.82) is 0 Å². The van der Waals surface area contributed by atoms with Crippen molar-refractivity contribution in [3.63, 3.8) is 0 Å². The Morgan fingerprint density at radius 3 is 2.67 bits per heavy atom. The number of fused-ring (bicyclic) bond motifs is 1. The number of nitrogens with one attached hydrogen (secondary N) is 1. The zero-order valence-electron chi connectivity index (χ0n) is 12.7. The third-order valence-electron chi connectivity index (χ3n) is 3.48. The van der Waals surface area contributed by atoms with Crippen LogP contribution in [-0.2, 0) is 17.1 Å². The van der Waals surface area contributed by atoms with E-state index in [1.165, 1.54) is 29.9 Å². The molecular weight excluding hydrogens is 372 g/mol. The van der Waals surface area contributed by atoms with Crippen LogP contribution in [0.4, 0.5) is 5.69 Å². The van der Waals surface area contributed by atoms with Crippen molar-refractivity contribution in [3.8, 4) is 5.75 Å². The highest BCUT2D eigenvalue weighted by Gasteiger charge is 2.18. The molecule has 0 radical (unpaired) electrons. The summed E-state index contributed by atoms with van der Waals surface area (Å²) in [5.74, 6) is 0.355. The Bertz CT molecular complexity index is 1090. The van der Waals surface area contributed by atoms with Gasteiger partial charge >= 0.3 is 4.87 Å². The maximum Gasteiger partial charge on any atom is 0.307 e. The van der Waals surface area contributed by atoms with Crippen LogP contribution in [0, 0.1) is 0 Å². The smallest absolute Gasteiger partial charge is 0.307 e. The van der Waals surface area contributed by atoms with Crippen molar-refractivity contribution in [2.24, 2.45) is 7.05 Å². The summed E-state index contributed by atoms with van der Waals surface area (Å²) in [7, 11) is -0.769. The first kappa shape index (κ1) is 16.8. The van der Waals surface area contributed by atoms with Crippen LogP contribution >= 0.6 is 22.9 Å². The largest absolute Gasteiger partial charge is 0.495 e. The Labute approximate surface area is 147 Å². The first-order valence-corrected chi connectivity index (χ1v) is 9.45.